The fourth-order valence-electron chi connectivity index (χ4n) is 9.98. The first-order valence-electron chi connectivity index (χ1n) is 26.6. The Morgan fingerprint density at radius 3 is 1.55 bits per heavy atom. The number of esters is 1. The summed E-state index contributed by atoms with van der Waals surface area (Å²) in [6.07, 6.45) is 18.7. The van der Waals surface area contributed by atoms with Crippen LogP contribution < -0.4 is 9.80 Å². The molecule has 8 rings (SSSR count). The molecule has 16 heteroatoms. The van der Waals surface area contributed by atoms with Crippen molar-refractivity contribution in [3.05, 3.63) is 91.8 Å². The second kappa shape index (κ2) is 26.9. The average Bonchev–Trinajstić information content (AvgIpc) is 4.25. The van der Waals surface area contributed by atoms with Crippen molar-refractivity contribution in [1.82, 2.24) is 14.9 Å². The van der Waals surface area contributed by atoms with E-state index in [9.17, 15) is 33.9 Å². The van der Waals surface area contributed by atoms with E-state index in [1.807, 2.05) is 31.7 Å². The standard InChI is InChI=1S/C29H35N3O4S.C25H35NO3S.C6H4ClNO/c1-19-7-9-20(10-8-19)27(34)32(22-12-15-31(18-22)26(33)21-6-5-14-30-17-21)24-16-23(11-13-29(2,3)4)37-25(24)28(35)36;1-17-10-12-18(13-11-17)23(27)26(19-8-6-7-9-19)21-16-20(14-15-25(2,3)4)30-22(21)24(28)29-5;7-6(9)5-2-1-3-8-4-5/h5-6,14,16-17,19-20,22H,7-10,12,15,18H2,1-4H3,(H,35,36);16-19H,6-13H2,1-5H3;1-4H. The molecule has 3 saturated carbocycles. The Bertz CT molecular complexity index is 2790. The highest BCUT2D eigenvalue weighted by Gasteiger charge is 2.41. The van der Waals surface area contributed by atoms with Crippen LogP contribution in [0.15, 0.2) is 61.2 Å². The zero-order chi connectivity index (χ0) is 55.3. The number of carboxylic acid groups (broad SMARTS) is 1. The van der Waals surface area contributed by atoms with E-state index in [4.69, 9.17) is 16.3 Å². The van der Waals surface area contributed by atoms with Crippen molar-refractivity contribution in [2.75, 3.05) is 30.0 Å². The number of hydrogen-bond donors (Lipinski definition) is 1. The Hall–Kier alpha value is -5.87. The molecule has 3 aliphatic carbocycles. The maximum absolute atomic E-state index is 14.0. The van der Waals surface area contributed by atoms with E-state index in [1.54, 1.807) is 58.7 Å². The van der Waals surface area contributed by atoms with Gasteiger partial charge in [0.1, 0.15) is 9.75 Å². The highest BCUT2D eigenvalue weighted by atomic mass is 35.5. The first kappa shape index (κ1) is 59.4. The Kier molecular flexibility index (Phi) is 21.0. The molecule has 1 atom stereocenters. The van der Waals surface area contributed by atoms with Crippen molar-refractivity contribution < 1.29 is 38.6 Å². The number of pyridine rings is 2. The molecule has 5 heterocycles. The predicted octanol–water partition coefficient (Wildman–Crippen LogP) is 12.8. The van der Waals surface area contributed by atoms with E-state index in [0.29, 0.717) is 63.6 Å². The minimum Gasteiger partial charge on any atom is -0.477 e. The number of hydrogen-bond acceptors (Lipinski definition) is 11. The Balaban J connectivity index is 0.000000215. The molecule has 0 bridgehead atoms. The van der Waals surface area contributed by atoms with Crippen molar-refractivity contribution in [2.24, 2.45) is 34.5 Å². The van der Waals surface area contributed by atoms with Crippen molar-refractivity contribution in [2.45, 2.75) is 151 Å². The third-order valence-corrected chi connectivity index (χ3v) is 16.4. The maximum atomic E-state index is 14.0. The van der Waals surface area contributed by atoms with Gasteiger partial charge in [-0.05, 0) is 172 Å². The van der Waals surface area contributed by atoms with Crippen LogP contribution in [0.4, 0.5) is 11.4 Å². The van der Waals surface area contributed by atoms with Crippen LogP contribution in [-0.2, 0) is 14.3 Å². The number of aromatic carboxylic acids is 1. The summed E-state index contributed by atoms with van der Waals surface area (Å²) in [5, 5.41) is 9.60. The van der Waals surface area contributed by atoms with Gasteiger partial charge in [-0.25, -0.2) is 9.59 Å². The van der Waals surface area contributed by atoms with E-state index >= 15 is 0 Å². The minimum absolute atomic E-state index is 0.0387. The number of thiophene rings is 2. The summed E-state index contributed by atoms with van der Waals surface area (Å²) < 4.78 is 5.07. The summed E-state index contributed by atoms with van der Waals surface area (Å²) in [7, 11) is 1.40. The number of amides is 3. The third-order valence-electron chi connectivity index (χ3n) is 14.1. The van der Waals surface area contributed by atoms with Crippen LogP contribution in [0.1, 0.15) is 189 Å². The molecule has 1 unspecified atom stereocenters. The summed E-state index contributed by atoms with van der Waals surface area (Å²) in [5.74, 6) is 12.5. The lowest BCUT2D eigenvalue weighted by atomic mass is 9.82. The lowest BCUT2D eigenvalue weighted by Crippen LogP contribution is -2.46. The minimum atomic E-state index is -1.07. The number of anilines is 2. The molecule has 1 N–H and O–H groups in total. The number of nitrogens with zero attached hydrogens (tertiary/aromatic N) is 5. The summed E-state index contributed by atoms with van der Waals surface area (Å²) in [5.41, 5.74) is 1.68. The number of methoxy groups -OCH3 is 1. The van der Waals surface area contributed by atoms with E-state index in [-0.39, 0.29) is 63.3 Å². The quantitative estimate of drug-likeness (QED) is 0.0917. The summed E-state index contributed by atoms with van der Waals surface area (Å²) in [6.45, 7) is 17.5. The lowest BCUT2D eigenvalue weighted by molar-refractivity contribution is -0.124. The molecule has 1 aliphatic heterocycles. The molecule has 13 nitrogen and oxygen atoms in total. The Labute approximate surface area is 462 Å². The molecule has 4 fully saturated rings. The molecule has 4 aromatic rings. The fourth-order valence-corrected chi connectivity index (χ4v) is 11.9. The van der Waals surface area contributed by atoms with Crippen molar-refractivity contribution >= 4 is 80.6 Å². The number of rotatable bonds is 10. The van der Waals surface area contributed by atoms with E-state index in [1.165, 1.54) is 24.6 Å². The Morgan fingerprint density at radius 2 is 1.13 bits per heavy atom. The summed E-state index contributed by atoms with van der Waals surface area (Å²) >= 11 is 7.57. The zero-order valence-corrected chi connectivity index (χ0v) is 48.0. The van der Waals surface area contributed by atoms with Gasteiger partial charge >= 0.3 is 11.9 Å². The van der Waals surface area contributed by atoms with Gasteiger partial charge in [-0.3, -0.25) is 29.1 Å². The predicted molar refractivity (Wildman–Crippen MR) is 302 cm³/mol. The van der Waals surface area contributed by atoms with E-state index in [0.717, 1.165) is 93.3 Å². The number of carboxylic acids is 1. The highest BCUT2D eigenvalue weighted by molar-refractivity contribution is 7.15. The zero-order valence-electron chi connectivity index (χ0n) is 45.6. The topological polar surface area (TPSA) is 167 Å². The molecule has 0 aromatic carbocycles. The van der Waals surface area contributed by atoms with Gasteiger partial charge in [-0.2, -0.15) is 0 Å². The monoisotopic (exact) mass is 1090 g/mol. The molecule has 3 amide bonds. The number of carbonyl (C=O) groups is 6. The van der Waals surface area contributed by atoms with E-state index < -0.39 is 11.2 Å². The smallest absolute Gasteiger partial charge is 0.350 e. The molecule has 4 aromatic heterocycles. The molecule has 1 saturated heterocycles. The van der Waals surface area contributed by atoms with Gasteiger partial charge in [-0.1, -0.05) is 50.4 Å². The van der Waals surface area contributed by atoms with Crippen molar-refractivity contribution in [3.8, 4) is 23.7 Å². The number of carbonyl (C=O) groups excluding carboxylic acids is 5. The highest BCUT2D eigenvalue weighted by Crippen LogP contribution is 2.41. The van der Waals surface area contributed by atoms with Crippen LogP contribution in [0, 0.1) is 58.2 Å². The van der Waals surface area contributed by atoms with Gasteiger partial charge in [0.05, 0.1) is 45.4 Å². The molecule has 0 radical (unpaired) electrons. The lowest BCUT2D eigenvalue weighted by Gasteiger charge is -2.34. The van der Waals surface area contributed by atoms with Gasteiger partial charge in [0.15, 0.2) is 0 Å². The summed E-state index contributed by atoms with van der Waals surface area (Å²) in [6, 6.07) is 10.3. The van der Waals surface area contributed by atoms with Crippen LogP contribution in [0.25, 0.3) is 0 Å². The van der Waals surface area contributed by atoms with Crippen molar-refractivity contribution in [1.29, 1.82) is 0 Å². The SMILES string of the molecule is CC1CCC(C(=O)N(c2cc(C#CC(C)(C)C)sc2C(=O)O)C2CCN(C(=O)c3cccnc3)C2)CC1.COC(=O)c1sc(C#CC(C)(C)C)cc1N(C(=O)C1CCC(C)CC1)C1CCCC1.O=C(Cl)c1cccnc1. The van der Waals surface area contributed by atoms with E-state index in [2.05, 4.69) is 68.3 Å². The molecular formula is C60H74ClN5O8S2. The van der Waals surface area contributed by atoms with Crippen LogP contribution >= 0.6 is 34.3 Å². The molecule has 406 valence electrons. The molecular weight excluding hydrogens is 1020 g/mol. The largest absolute Gasteiger partial charge is 0.477 e. The second-order valence-corrected chi connectivity index (χ2v) is 25.1. The van der Waals surface area contributed by atoms with Crippen LogP contribution in [0.5, 0.6) is 0 Å². The number of ether oxygens (including phenoxy) is 1. The van der Waals surface area contributed by atoms with Gasteiger partial charge in [0.2, 0.25) is 11.8 Å². The normalized spacial score (nSPS) is 20.4. The molecule has 4 aliphatic rings. The Morgan fingerprint density at radius 1 is 0.671 bits per heavy atom. The third kappa shape index (κ3) is 16.6. The first-order valence-corrected chi connectivity index (χ1v) is 28.7. The maximum Gasteiger partial charge on any atom is 0.350 e. The summed E-state index contributed by atoms with van der Waals surface area (Å²) in [4.78, 5) is 91.3. The van der Waals surface area contributed by atoms with Gasteiger partial charge in [-0.15, -0.1) is 22.7 Å². The molecule has 76 heavy (non-hydrogen) atoms. The number of likely N-dealkylation sites (tertiary alicyclic amines) is 1. The number of halogens is 1. The first-order chi connectivity index (χ1) is 36.0. The molecule has 0 spiro atoms. The van der Waals surface area contributed by atoms with Crippen LogP contribution in [0.3, 0.4) is 0 Å². The van der Waals surface area contributed by atoms with Gasteiger partial charge in [0.25, 0.3) is 11.1 Å². The van der Waals surface area contributed by atoms with Crippen LogP contribution in [-0.4, -0.2) is 87.2 Å². The fraction of sp³-hybridized carbons (Fsp3) is 0.533. The van der Waals surface area contributed by atoms with Crippen LogP contribution in [0.2, 0.25) is 0 Å². The van der Waals surface area contributed by atoms with Crippen molar-refractivity contribution in [3.63, 3.8) is 0 Å². The number of aromatic nitrogens is 2. The average molecular weight is 1090 g/mol. The van der Waals surface area contributed by atoms with Gasteiger partial charge < -0.3 is 24.5 Å². The van der Waals surface area contributed by atoms with Gasteiger partial charge in [0, 0.05) is 66.6 Å². The second-order valence-electron chi connectivity index (χ2n) is 22.7.